The van der Waals surface area contributed by atoms with Gasteiger partial charge in [0, 0.05) is 206 Å². The van der Waals surface area contributed by atoms with Crippen LogP contribution in [-0.2, 0) is 47.0 Å². The number of nitrogens with one attached hydrogen (secondary N) is 1. The zero-order valence-corrected chi connectivity index (χ0v) is 65.1. The van der Waals surface area contributed by atoms with E-state index in [0.29, 0.717) is 89.7 Å². The number of ketones is 3. The van der Waals surface area contributed by atoms with E-state index in [9.17, 15) is 51.4 Å². The second-order valence-electron chi connectivity index (χ2n) is 29.8. The Labute approximate surface area is 616 Å². The third-order valence-corrected chi connectivity index (χ3v) is 19.5. The molecule has 5 fully saturated rings. The Morgan fingerprint density at radius 3 is 1.10 bits per heavy atom. The molecule has 10 rings (SSSR count). The van der Waals surface area contributed by atoms with Crippen LogP contribution in [0.5, 0.6) is 0 Å². The van der Waals surface area contributed by atoms with Crippen LogP contribution in [0.15, 0.2) is 72.8 Å². The second-order valence-corrected chi connectivity index (χ2v) is 29.8. The van der Waals surface area contributed by atoms with Crippen molar-refractivity contribution in [2.24, 2.45) is 11.8 Å². The summed E-state index contributed by atoms with van der Waals surface area (Å²) >= 11 is 0. The van der Waals surface area contributed by atoms with Gasteiger partial charge in [-0.05, 0) is 218 Å². The van der Waals surface area contributed by atoms with Crippen molar-refractivity contribution in [1.82, 2.24) is 24.9 Å². The molecule has 2 amide bonds. The van der Waals surface area contributed by atoms with Crippen molar-refractivity contribution in [2.45, 2.75) is 153 Å². The molecule has 5 aromatic rings. The Morgan fingerprint density at radius 1 is 0.455 bits per heavy atom. The van der Waals surface area contributed by atoms with Crippen molar-refractivity contribution >= 4 is 64.8 Å². The Kier molecular flexibility index (Phi) is 29.5. The third-order valence-electron chi connectivity index (χ3n) is 19.5. The molecule has 4 atom stereocenters. The normalized spacial score (nSPS) is 19.1. The maximum atomic E-state index is 14.8. The number of rotatable bonds is 10. The van der Waals surface area contributed by atoms with Gasteiger partial charge in [-0.3, -0.25) is 33.8 Å². The van der Waals surface area contributed by atoms with Crippen LogP contribution in [0.4, 0.5) is 39.4 Å². The first-order valence-corrected chi connectivity index (χ1v) is 34.0. The number of carboxylic acids is 1. The number of piperazine rings is 3. The molecule has 1 unspecified atom stereocenters. The minimum Gasteiger partial charge on any atom is -0.481 e. The zero-order chi connectivity index (χ0) is 71.9. The van der Waals surface area contributed by atoms with E-state index in [0.717, 1.165) is 83.2 Å². The molecule has 0 aliphatic carbocycles. The number of nitrogens with zero attached hydrogens (tertiary/aromatic N) is 7. The van der Waals surface area contributed by atoms with Crippen molar-refractivity contribution in [1.29, 1.82) is 0 Å². The number of likely N-dealkylation sites (tertiary alicyclic amines) is 2. The van der Waals surface area contributed by atoms with Gasteiger partial charge in [0.1, 0.15) is 28.9 Å². The van der Waals surface area contributed by atoms with Crippen molar-refractivity contribution in [3.8, 4) is 0 Å². The largest absolute Gasteiger partial charge is 0.481 e. The van der Waals surface area contributed by atoms with E-state index < -0.39 is 52.6 Å². The maximum Gasteiger partial charge on any atom is 0.410 e. The Bertz CT molecular complexity index is 3700. The minimum atomic E-state index is -0.939. The van der Waals surface area contributed by atoms with Crippen molar-refractivity contribution in [3.05, 3.63) is 157 Å². The summed E-state index contributed by atoms with van der Waals surface area (Å²) in [5, 5.41) is 12.7. The molecule has 99 heavy (non-hydrogen) atoms. The smallest absolute Gasteiger partial charge is 0.410 e. The van der Waals surface area contributed by atoms with Gasteiger partial charge in [-0.1, -0.05) is 12.1 Å². The molecule has 0 saturated carbocycles. The molecule has 0 bridgehead atoms. The molecule has 5 aliphatic heterocycles. The fourth-order valence-electron chi connectivity index (χ4n) is 13.2. The van der Waals surface area contributed by atoms with Crippen molar-refractivity contribution < 1.29 is 88.9 Å². The predicted molar refractivity (Wildman–Crippen MR) is 384 cm³/mol. The zero-order valence-electron chi connectivity index (χ0n) is 61.5. The number of amides is 2. The van der Waals surface area contributed by atoms with E-state index in [1.807, 2.05) is 90.3 Å². The third kappa shape index (κ3) is 21.6. The molecule has 5 heterocycles. The SMILES string of the molecule is CC(=O)c1cc(C)c(C)cc1N1CCN(C(=O)C2CN(C(C)(C)C)C[C@H]2c2ccc(F)cc2F)CC1.CC(=O)c1cc(C)c(C)cc1N1CCN(C(=O)OC(C)(C)C)CC1.CC(=O)c1cc(C)c(C)cc1N1CCNCC1.CC(C)(C)N1C[C@@H](C(=O)O)[C@H](c2ccc(F)cc2F)C1.Cl.[Y]. The molecule has 2 N–H and O–H groups in total. The molecular formula is C77H105ClF4N8O8Y. The summed E-state index contributed by atoms with van der Waals surface area (Å²) in [6.07, 6.45) is -0.269. The van der Waals surface area contributed by atoms with Crippen molar-refractivity contribution in [2.75, 3.05) is 119 Å². The average Bonchev–Trinajstić information content (AvgIpc) is 1.72. The second kappa shape index (κ2) is 35.1. The first kappa shape index (κ1) is 83.4. The van der Waals surface area contributed by atoms with E-state index >= 15 is 0 Å². The average molecular weight is 1470 g/mol. The Morgan fingerprint density at radius 2 is 0.778 bits per heavy atom. The Balaban J connectivity index is 0.000000247. The van der Waals surface area contributed by atoms with Crippen LogP contribution in [0.1, 0.15) is 171 Å². The fraction of sp³-hybridized carbons (Fsp3) is 0.532. The number of carboxylic acid groups (broad SMARTS) is 1. The number of carbonyl (C=O) groups is 6. The molecule has 539 valence electrons. The Hall–Kier alpha value is -6.29. The monoisotopic (exact) mass is 1470 g/mol. The number of hydrogen-bond donors (Lipinski definition) is 2. The summed E-state index contributed by atoms with van der Waals surface area (Å²) in [4.78, 5) is 87.9. The molecule has 5 aliphatic rings. The van der Waals surface area contributed by atoms with Crippen LogP contribution >= 0.6 is 12.4 Å². The van der Waals surface area contributed by atoms with Crippen LogP contribution < -0.4 is 20.0 Å². The quantitative estimate of drug-likeness (QED) is 0.100. The van der Waals surface area contributed by atoms with Crippen molar-refractivity contribution in [3.63, 3.8) is 0 Å². The van der Waals surface area contributed by atoms with Crippen LogP contribution in [-0.4, -0.2) is 181 Å². The minimum absolute atomic E-state index is 0. The summed E-state index contributed by atoms with van der Waals surface area (Å²) in [6, 6.07) is 19.3. The van der Waals surface area contributed by atoms with E-state index in [-0.39, 0.29) is 97.0 Å². The van der Waals surface area contributed by atoms with E-state index in [4.69, 9.17) is 4.74 Å². The summed E-state index contributed by atoms with van der Waals surface area (Å²) in [5.74, 6) is -5.05. The summed E-state index contributed by atoms with van der Waals surface area (Å²) in [6.45, 7) is 45.7. The van der Waals surface area contributed by atoms with Gasteiger partial charge < -0.3 is 39.7 Å². The number of aryl methyl sites for hydroxylation is 6. The summed E-state index contributed by atoms with van der Waals surface area (Å²) < 4.78 is 60.7. The van der Waals surface area contributed by atoms with Crippen LogP contribution in [0.25, 0.3) is 0 Å². The summed E-state index contributed by atoms with van der Waals surface area (Å²) in [7, 11) is 0. The predicted octanol–water partition coefficient (Wildman–Crippen LogP) is 13.7. The number of aliphatic carboxylic acids is 1. The van der Waals surface area contributed by atoms with Gasteiger partial charge in [-0.15, -0.1) is 12.4 Å². The molecule has 5 aromatic carbocycles. The number of anilines is 3. The van der Waals surface area contributed by atoms with E-state index in [1.165, 1.54) is 41.0 Å². The number of halogens is 5. The van der Waals surface area contributed by atoms with Gasteiger partial charge in [0.15, 0.2) is 17.3 Å². The standard InChI is InChI=1S/C29H37F2N3O2.C19H28N2O3.C15H19F2NO2.C14H20N2O.ClH.Y/c1-18-13-23(20(3)35)27(14-19(18)2)32-9-11-33(12-10-32)28(36)25-17-34(29(4,5)6)16-24(25)22-8-7-21(30)15-26(22)31;1-13-11-16(15(3)22)17(12-14(13)2)20-7-9-21(10-8-20)18(23)24-19(4,5)6;1-15(2,3)18-7-11(12(8-18)14(19)20)10-5-4-9(16)6-13(10)17;1-10-8-13(12(3)17)14(9-11(10)2)16-6-4-15-5-7-16;;/h7-8,13-15,24-25H,9-12,16-17H2,1-6H3;11-12H,7-10H2,1-6H3;4-6,11-12H,7-8H2,1-3H3,(H,19,20);8-9,15H,4-7H2,1-3H3;1H;/t24-,25?;;11-,12+;;;/m0.0.../s1. The molecule has 1 radical (unpaired) electrons. The summed E-state index contributed by atoms with van der Waals surface area (Å²) in [5.41, 5.74) is 12.1. The molecule has 16 nitrogen and oxygen atoms in total. The van der Waals surface area contributed by atoms with Crippen LogP contribution in [0, 0.1) is 76.6 Å². The first-order valence-electron chi connectivity index (χ1n) is 34.0. The van der Waals surface area contributed by atoms with Gasteiger partial charge in [-0.2, -0.15) is 0 Å². The molecule has 0 spiro atoms. The number of hydrogen-bond acceptors (Lipinski definition) is 13. The van der Waals surface area contributed by atoms with E-state index in [1.54, 1.807) is 25.7 Å². The molecule has 5 saturated heterocycles. The van der Waals surface area contributed by atoms with Gasteiger partial charge in [-0.25, -0.2) is 22.4 Å². The molecular weight excluding hydrogens is 1370 g/mol. The van der Waals surface area contributed by atoms with Crippen LogP contribution in [0.3, 0.4) is 0 Å². The number of carbonyl (C=O) groups excluding carboxylic acids is 5. The number of Topliss-reactive ketones (excluding diaryl/α,β-unsaturated/α-hetero) is 3. The molecule has 0 aromatic heterocycles. The van der Waals surface area contributed by atoms with Gasteiger partial charge in [0.25, 0.3) is 0 Å². The number of ether oxygens (including phenoxy) is 1. The maximum absolute atomic E-state index is 14.8. The first-order chi connectivity index (χ1) is 45.2. The number of benzene rings is 5. The molecule has 22 heteroatoms. The van der Waals surface area contributed by atoms with E-state index in [2.05, 4.69) is 84.7 Å². The van der Waals surface area contributed by atoms with Crippen LogP contribution in [0.2, 0.25) is 0 Å². The van der Waals surface area contributed by atoms with Gasteiger partial charge >= 0.3 is 12.1 Å². The fourth-order valence-corrected chi connectivity index (χ4v) is 13.2. The van der Waals surface area contributed by atoms with Gasteiger partial charge in [0.2, 0.25) is 5.91 Å². The topological polar surface area (TPSA) is 167 Å². The van der Waals surface area contributed by atoms with Gasteiger partial charge in [0.05, 0.1) is 11.8 Å².